The number of aryl methyl sites for hydroxylation is 3. The number of esters is 1. The van der Waals surface area contributed by atoms with Crippen molar-refractivity contribution < 1.29 is 19.1 Å². The van der Waals surface area contributed by atoms with Crippen molar-refractivity contribution in [3.63, 3.8) is 0 Å². The molecule has 0 spiro atoms. The molecule has 0 saturated carbocycles. The number of ether oxygens (including phenoxy) is 1. The maximum Gasteiger partial charge on any atom is 0.337 e. The molecule has 2 amide bonds. The molecule has 0 bridgehead atoms. The van der Waals surface area contributed by atoms with Crippen LogP contribution in [0.5, 0.6) is 0 Å². The second-order valence-electron chi connectivity index (χ2n) is 8.50. The molecule has 1 N–H and O–H groups in total. The highest BCUT2D eigenvalue weighted by Gasteiger charge is 2.35. The monoisotopic (exact) mass is 487 g/mol. The number of thiocarbonyl (C=S) groups is 1. The van der Waals surface area contributed by atoms with E-state index in [4.69, 9.17) is 17.0 Å². The van der Waals surface area contributed by atoms with Crippen molar-refractivity contribution in [3.8, 4) is 5.69 Å². The van der Waals surface area contributed by atoms with Crippen LogP contribution < -0.4 is 10.2 Å². The highest BCUT2D eigenvalue weighted by Crippen LogP contribution is 2.27. The lowest BCUT2D eigenvalue weighted by Crippen LogP contribution is -2.54. The number of aromatic nitrogens is 1. The normalized spacial score (nSPS) is 14.9. The molecule has 1 aliphatic rings. The number of nitrogens with one attached hydrogen (secondary N) is 1. The van der Waals surface area contributed by atoms with Gasteiger partial charge in [0.25, 0.3) is 11.8 Å². The van der Waals surface area contributed by atoms with Gasteiger partial charge in [-0.15, -0.1) is 0 Å². The Kier molecular flexibility index (Phi) is 6.41. The summed E-state index contributed by atoms with van der Waals surface area (Å²) in [5, 5.41) is 2.70. The summed E-state index contributed by atoms with van der Waals surface area (Å²) >= 11 is 5.33. The van der Waals surface area contributed by atoms with Gasteiger partial charge in [-0.1, -0.05) is 6.07 Å². The molecule has 3 aromatic rings. The van der Waals surface area contributed by atoms with Crippen LogP contribution in [0.2, 0.25) is 0 Å². The maximum absolute atomic E-state index is 13.4. The molecule has 2 heterocycles. The summed E-state index contributed by atoms with van der Waals surface area (Å²) in [5.74, 6) is -1.42. The Bertz CT molecular complexity index is 1400. The first-order valence-corrected chi connectivity index (χ1v) is 11.4. The number of anilines is 1. The van der Waals surface area contributed by atoms with E-state index in [1.54, 1.807) is 18.2 Å². The third-order valence-electron chi connectivity index (χ3n) is 5.88. The molecular formula is C27H25N3O4S. The Morgan fingerprint density at radius 1 is 0.943 bits per heavy atom. The van der Waals surface area contributed by atoms with E-state index >= 15 is 0 Å². The largest absolute Gasteiger partial charge is 0.465 e. The molecule has 7 nitrogen and oxygen atoms in total. The van der Waals surface area contributed by atoms with Gasteiger partial charge in [-0.05, 0) is 105 Å². The predicted molar refractivity (Wildman–Crippen MR) is 139 cm³/mol. The van der Waals surface area contributed by atoms with Gasteiger partial charge in [0.15, 0.2) is 5.11 Å². The van der Waals surface area contributed by atoms with Crippen molar-refractivity contribution in [2.24, 2.45) is 0 Å². The lowest BCUT2D eigenvalue weighted by Gasteiger charge is -2.29. The summed E-state index contributed by atoms with van der Waals surface area (Å²) in [4.78, 5) is 39.3. The average Bonchev–Trinajstić information content (AvgIpc) is 3.08. The molecule has 0 aliphatic carbocycles. The van der Waals surface area contributed by atoms with Crippen LogP contribution in [-0.4, -0.2) is 34.6 Å². The summed E-state index contributed by atoms with van der Waals surface area (Å²) in [6, 6.07) is 14.7. The molecule has 178 valence electrons. The third kappa shape index (κ3) is 4.52. The molecule has 2 aromatic carbocycles. The zero-order valence-electron chi connectivity index (χ0n) is 20.1. The van der Waals surface area contributed by atoms with Crippen LogP contribution in [0.15, 0.2) is 54.1 Å². The van der Waals surface area contributed by atoms with E-state index in [-0.39, 0.29) is 10.7 Å². The minimum absolute atomic E-state index is 0.000881. The Morgan fingerprint density at radius 2 is 1.57 bits per heavy atom. The fourth-order valence-electron chi connectivity index (χ4n) is 4.32. The van der Waals surface area contributed by atoms with Crippen LogP contribution in [0.25, 0.3) is 11.8 Å². The van der Waals surface area contributed by atoms with Gasteiger partial charge in [0.05, 0.1) is 18.4 Å². The molecule has 1 aliphatic heterocycles. The van der Waals surface area contributed by atoms with Crippen LogP contribution >= 0.6 is 12.2 Å². The van der Waals surface area contributed by atoms with E-state index in [0.29, 0.717) is 11.3 Å². The first-order valence-electron chi connectivity index (χ1n) is 11.0. The van der Waals surface area contributed by atoms with Crippen molar-refractivity contribution in [1.82, 2.24) is 9.88 Å². The van der Waals surface area contributed by atoms with E-state index in [1.165, 1.54) is 12.0 Å². The number of hydrogen-bond donors (Lipinski definition) is 1. The van der Waals surface area contributed by atoms with Crippen LogP contribution in [0.4, 0.5) is 5.69 Å². The van der Waals surface area contributed by atoms with Gasteiger partial charge in [0, 0.05) is 17.1 Å². The molecule has 1 aromatic heterocycles. The third-order valence-corrected chi connectivity index (χ3v) is 6.17. The minimum Gasteiger partial charge on any atom is -0.465 e. The summed E-state index contributed by atoms with van der Waals surface area (Å²) in [5.41, 5.74) is 6.35. The van der Waals surface area contributed by atoms with Crippen molar-refractivity contribution in [2.75, 3.05) is 12.0 Å². The van der Waals surface area contributed by atoms with Crippen molar-refractivity contribution in [2.45, 2.75) is 27.7 Å². The van der Waals surface area contributed by atoms with E-state index in [0.717, 1.165) is 33.8 Å². The van der Waals surface area contributed by atoms with Crippen LogP contribution in [0.1, 0.15) is 38.4 Å². The van der Waals surface area contributed by atoms with Crippen LogP contribution in [0.3, 0.4) is 0 Å². The van der Waals surface area contributed by atoms with Crippen molar-refractivity contribution in [1.29, 1.82) is 0 Å². The molecule has 0 unspecified atom stereocenters. The number of rotatable bonds is 4. The van der Waals surface area contributed by atoms with Crippen LogP contribution in [-0.2, 0) is 14.3 Å². The summed E-state index contributed by atoms with van der Waals surface area (Å²) in [6.45, 7) is 7.72. The molecule has 0 radical (unpaired) electrons. The Morgan fingerprint density at radius 3 is 2.17 bits per heavy atom. The minimum atomic E-state index is -0.534. The topological polar surface area (TPSA) is 80.6 Å². The van der Waals surface area contributed by atoms with Crippen molar-refractivity contribution in [3.05, 3.63) is 87.7 Å². The van der Waals surface area contributed by atoms with Crippen LogP contribution in [0, 0.1) is 27.7 Å². The van der Waals surface area contributed by atoms with E-state index in [2.05, 4.69) is 5.32 Å². The summed E-state index contributed by atoms with van der Waals surface area (Å²) in [7, 11) is 1.34. The first-order chi connectivity index (χ1) is 16.6. The molecule has 0 atom stereocenters. The van der Waals surface area contributed by atoms with Gasteiger partial charge in [0.2, 0.25) is 0 Å². The lowest BCUT2D eigenvalue weighted by molar-refractivity contribution is -0.122. The zero-order chi connectivity index (χ0) is 25.4. The van der Waals surface area contributed by atoms with Gasteiger partial charge in [-0.3, -0.25) is 19.8 Å². The maximum atomic E-state index is 13.4. The number of benzene rings is 2. The number of methoxy groups -OCH3 is 1. The quantitative estimate of drug-likeness (QED) is 0.256. The van der Waals surface area contributed by atoms with Gasteiger partial charge in [-0.2, -0.15) is 0 Å². The Labute approximate surface area is 209 Å². The number of hydrogen-bond acceptors (Lipinski definition) is 5. The van der Waals surface area contributed by atoms with Gasteiger partial charge >= 0.3 is 5.97 Å². The first kappa shape index (κ1) is 24.1. The second kappa shape index (κ2) is 9.31. The lowest BCUT2D eigenvalue weighted by atomic mass is 10.1. The van der Waals surface area contributed by atoms with E-state index in [1.807, 2.05) is 68.7 Å². The predicted octanol–water partition coefficient (Wildman–Crippen LogP) is 4.33. The molecule has 8 heteroatoms. The smallest absolute Gasteiger partial charge is 0.337 e. The SMILES string of the molecule is COC(=O)c1ccc(-n2c(C)cc(/C=C3\C(=O)NC(=S)N(c4cc(C)cc(C)c4)C3=O)c2C)cc1. The highest BCUT2D eigenvalue weighted by atomic mass is 32.1. The van der Waals surface area contributed by atoms with Gasteiger partial charge in [-0.25, -0.2) is 4.79 Å². The van der Waals surface area contributed by atoms with Gasteiger partial charge < -0.3 is 9.30 Å². The zero-order valence-corrected chi connectivity index (χ0v) is 20.9. The molecular weight excluding hydrogens is 462 g/mol. The number of carbonyl (C=O) groups is 3. The molecule has 1 fully saturated rings. The van der Waals surface area contributed by atoms with E-state index in [9.17, 15) is 14.4 Å². The summed E-state index contributed by atoms with van der Waals surface area (Å²) in [6.07, 6.45) is 1.59. The molecule has 4 rings (SSSR count). The fourth-order valence-corrected chi connectivity index (χ4v) is 4.60. The summed E-state index contributed by atoms with van der Waals surface area (Å²) < 4.78 is 6.75. The standard InChI is InChI=1S/C27H25N3O4S/c1-15-10-16(2)12-22(11-15)30-25(32)23(24(31)28-27(30)35)14-20-13-17(3)29(18(20)4)21-8-6-19(7-9-21)26(33)34-5/h6-14H,1-5H3,(H,28,31,35)/b23-14+. The Hall–Kier alpha value is -4.04. The van der Waals surface area contributed by atoms with Crippen molar-refractivity contribution >= 4 is 46.9 Å². The average molecular weight is 488 g/mol. The van der Waals surface area contributed by atoms with E-state index < -0.39 is 17.8 Å². The number of amides is 2. The van der Waals surface area contributed by atoms with Gasteiger partial charge in [0.1, 0.15) is 5.57 Å². The Balaban J connectivity index is 1.73. The number of nitrogens with zero attached hydrogens (tertiary/aromatic N) is 2. The second-order valence-corrected chi connectivity index (χ2v) is 8.89. The molecule has 35 heavy (non-hydrogen) atoms. The highest BCUT2D eigenvalue weighted by molar-refractivity contribution is 7.80. The fraction of sp³-hybridized carbons (Fsp3) is 0.185. The number of carbonyl (C=O) groups excluding carboxylic acids is 3. The molecule has 1 saturated heterocycles.